The third kappa shape index (κ3) is 12.2. The summed E-state index contributed by atoms with van der Waals surface area (Å²) in [5.41, 5.74) is 0. The van der Waals surface area contributed by atoms with Crippen molar-refractivity contribution in [2.45, 2.75) is 19.3 Å². The number of hydrogen-bond acceptors (Lipinski definition) is 12. The smallest absolute Gasteiger partial charge is 0.344 e. The molecule has 0 saturated carbocycles. The number of esters is 6. The highest BCUT2D eigenvalue weighted by Gasteiger charge is 2.24. The maximum absolute atomic E-state index is 11.8. The summed E-state index contributed by atoms with van der Waals surface area (Å²) >= 11 is 0. The van der Waals surface area contributed by atoms with Crippen LogP contribution in [0, 0.1) is 5.92 Å². The molecule has 0 aromatic heterocycles. The van der Waals surface area contributed by atoms with Gasteiger partial charge in [-0.05, 0) is 5.92 Å². The highest BCUT2D eigenvalue weighted by molar-refractivity contribution is 5.80. The Kier molecular flexibility index (Phi) is 12.4. The highest BCUT2D eigenvalue weighted by atomic mass is 16.6. The molecule has 158 valence electrons. The van der Waals surface area contributed by atoms with Gasteiger partial charge in [0.05, 0.1) is 21.3 Å². The summed E-state index contributed by atoms with van der Waals surface area (Å²) in [6.07, 6.45) is -1.30. The van der Waals surface area contributed by atoms with Crippen LogP contribution in [0.5, 0.6) is 0 Å². The van der Waals surface area contributed by atoms with Gasteiger partial charge in [-0.3, -0.25) is 14.4 Å². The lowest BCUT2D eigenvalue weighted by molar-refractivity contribution is -0.161. The first-order valence-electron chi connectivity index (χ1n) is 7.89. The van der Waals surface area contributed by atoms with E-state index in [1.165, 1.54) is 0 Å². The van der Waals surface area contributed by atoms with Gasteiger partial charge in [0.1, 0.15) is 0 Å². The molecule has 0 aromatic rings. The predicted molar refractivity (Wildman–Crippen MR) is 86.3 cm³/mol. The molecule has 0 N–H and O–H groups in total. The van der Waals surface area contributed by atoms with E-state index < -0.39 is 80.8 Å². The molecule has 0 rings (SSSR count). The van der Waals surface area contributed by atoms with Crippen molar-refractivity contribution in [3.05, 3.63) is 0 Å². The predicted octanol–water partition coefficient (Wildman–Crippen LogP) is -1.08. The van der Waals surface area contributed by atoms with Crippen molar-refractivity contribution >= 4 is 35.8 Å². The third-order valence-electron chi connectivity index (χ3n) is 3.10. The van der Waals surface area contributed by atoms with Crippen molar-refractivity contribution in [2.24, 2.45) is 5.92 Å². The van der Waals surface area contributed by atoms with E-state index in [1.807, 2.05) is 0 Å². The van der Waals surface area contributed by atoms with Crippen LogP contribution in [0.15, 0.2) is 0 Å². The number of hydrogen-bond donors (Lipinski definition) is 0. The minimum atomic E-state index is -0.930. The molecule has 0 aromatic carbocycles. The molecule has 0 amide bonds. The molecule has 28 heavy (non-hydrogen) atoms. The zero-order valence-corrected chi connectivity index (χ0v) is 15.7. The van der Waals surface area contributed by atoms with E-state index in [0.29, 0.717) is 0 Å². The summed E-state index contributed by atoms with van der Waals surface area (Å²) < 4.78 is 26.9. The second kappa shape index (κ2) is 13.9. The van der Waals surface area contributed by atoms with Crippen molar-refractivity contribution in [2.75, 3.05) is 41.2 Å². The van der Waals surface area contributed by atoms with E-state index >= 15 is 0 Å². The molecular weight excluding hydrogens is 384 g/mol. The lowest BCUT2D eigenvalue weighted by Gasteiger charge is -2.15. The molecule has 0 aliphatic carbocycles. The van der Waals surface area contributed by atoms with E-state index in [1.54, 1.807) is 0 Å². The Hall–Kier alpha value is -3.18. The quantitative estimate of drug-likeness (QED) is 0.285. The van der Waals surface area contributed by atoms with Crippen molar-refractivity contribution in [3.8, 4) is 0 Å². The van der Waals surface area contributed by atoms with Gasteiger partial charge in [-0.2, -0.15) is 0 Å². The Morgan fingerprint density at radius 3 is 0.964 bits per heavy atom. The summed E-state index contributed by atoms with van der Waals surface area (Å²) in [5.74, 6) is -5.94. The normalized spacial score (nSPS) is 9.86. The molecule has 0 atom stereocenters. The number of carbonyl (C=O) groups is 6. The van der Waals surface area contributed by atoms with E-state index in [0.717, 1.165) is 21.3 Å². The van der Waals surface area contributed by atoms with Gasteiger partial charge in [0, 0.05) is 19.3 Å². The Bertz CT molecular complexity index is 501. The lowest BCUT2D eigenvalue weighted by atomic mass is 9.97. The maximum atomic E-state index is 11.8. The van der Waals surface area contributed by atoms with Crippen molar-refractivity contribution in [1.29, 1.82) is 0 Å². The van der Waals surface area contributed by atoms with Crippen molar-refractivity contribution in [1.82, 2.24) is 0 Å². The number of rotatable bonds is 12. The van der Waals surface area contributed by atoms with Crippen LogP contribution >= 0.6 is 0 Å². The van der Waals surface area contributed by atoms with E-state index in [9.17, 15) is 28.8 Å². The van der Waals surface area contributed by atoms with Crippen molar-refractivity contribution in [3.63, 3.8) is 0 Å². The molecule has 0 aliphatic heterocycles. The number of methoxy groups -OCH3 is 3. The topological polar surface area (TPSA) is 158 Å². The second-order valence-electron chi connectivity index (χ2n) is 5.19. The average molecular weight is 406 g/mol. The summed E-state index contributed by atoms with van der Waals surface area (Å²) in [7, 11) is 3.31. The SMILES string of the molecule is COC(=O)COC(=O)CC(CC(=O)OCC(=O)OC)CC(=O)OCC(=O)OC. The summed E-state index contributed by atoms with van der Waals surface area (Å²) in [6, 6.07) is 0. The molecule has 0 aliphatic rings. The van der Waals surface area contributed by atoms with Gasteiger partial charge in [0.2, 0.25) is 0 Å². The lowest BCUT2D eigenvalue weighted by Crippen LogP contribution is -2.24. The van der Waals surface area contributed by atoms with Crippen LogP contribution in [-0.4, -0.2) is 77.0 Å². The van der Waals surface area contributed by atoms with Crippen LogP contribution in [0.4, 0.5) is 0 Å². The first kappa shape index (κ1) is 24.8. The minimum Gasteiger partial charge on any atom is -0.466 e. The average Bonchev–Trinajstić information content (AvgIpc) is 2.67. The fourth-order valence-electron chi connectivity index (χ4n) is 1.70. The third-order valence-corrected chi connectivity index (χ3v) is 3.10. The zero-order chi connectivity index (χ0) is 21.5. The molecular formula is C16H22O12. The molecule has 0 radical (unpaired) electrons. The Balaban J connectivity index is 4.75. The Labute approximate surface area is 160 Å². The Morgan fingerprint density at radius 1 is 0.500 bits per heavy atom. The molecule has 12 nitrogen and oxygen atoms in total. The van der Waals surface area contributed by atoms with Crippen LogP contribution in [0.3, 0.4) is 0 Å². The first-order valence-corrected chi connectivity index (χ1v) is 7.89. The maximum Gasteiger partial charge on any atom is 0.344 e. The molecule has 0 heterocycles. The van der Waals surface area contributed by atoms with E-state index in [4.69, 9.17) is 0 Å². The van der Waals surface area contributed by atoms with Crippen LogP contribution in [0.25, 0.3) is 0 Å². The van der Waals surface area contributed by atoms with E-state index in [2.05, 4.69) is 28.4 Å². The monoisotopic (exact) mass is 406 g/mol. The zero-order valence-electron chi connectivity index (χ0n) is 15.7. The van der Waals surface area contributed by atoms with Gasteiger partial charge in [-0.1, -0.05) is 0 Å². The highest BCUT2D eigenvalue weighted by Crippen LogP contribution is 2.17. The van der Waals surface area contributed by atoms with Gasteiger partial charge in [0.15, 0.2) is 19.8 Å². The molecule has 0 bridgehead atoms. The van der Waals surface area contributed by atoms with E-state index in [-0.39, 0.29) is 0 Å². The van der Waals surface area contributed by atoms with Crippen molar-refractivity contribution < 1.29 is 57.2 Å². The minimum absolute atomic E-state index is 0.433. The van der Waals surface area contributed by atoms with Gasteiger partial charge < -0.3 is 28.4 Å². The Morgan fingerprint density at radius 2 is 0.750 bits per heavy atom. The summed E-state index contributed by atoms with van der Waals surface area (Å²) in [4.78, 5) is 68.3. The van der Waals surface area contributed by atoms with Crippen LogP contribution < -0.4 is 0 Å². The standard InChI is InChI=1S/C16H22O12/c1-23-14(20)7-26-11(17)4-10(5-12(18)27-8-15(21)24-2)6-13(19)28-9-16(22)25-3/h10H,4-9H2,1-3H3. The molecule has 0 saturated heterocycles. The van der Waals surface area contributed by atoms with Gasteiger partial charge in [-0.25, -0.2) is 14.4 Å². The largest absolute Gasteiger partial charge is 0.466 e. The van der Waals surface area contributed by atoms with Crippen LogP contribution in [-0.2, 0) is 57.2 Å². The molecule has 0 unspecified atom stereocenters. The molecule has 12 heteroatoms. The fraction of sp³-hybridized carbons (Fsp3) is 0.625. The summed E-state index contributed by atoms with van der Waals surface area (Å²) in [5, 5.41) is 0. The second-order valence-corrected chi connectivity index (χ2v) is 5.19. The summed E-state index contributed by atoms with van der Waals surface area (Å²) in [6.45, 7) is -1.91. The van der Waals surface area contributed by atoms with Gasteiger partial charge in [0.25, 0.3) is 0 Å². The molecule has 0 fully saturated rings. The van der Waals surface area contributed by atoms with Crippen LogP contribution in [0.1, 0.15) is 19.3 Å². The van der Waals surface area contributed by atoms with Crippen LogP contribution in [0.2, 0.25) is 0 Å². The fourth-order valence-corrected chi connectivity index (χ4v) is 1.70. The number of ether oxygens (including phenoxy) is 6. The van der Waals surface area contributed by atoms with Gasteiger partial charge >= 0.3 is 35.8 Å². The number of carbonyl (C=O) groups excluding carboxylic acids is 6. The first-order chi connectivity index (χ1) is 13.2. The molecule has 0 spiro atoms. The van der Waals surface area contributed by atoms with Gasteiger partial charge in [-0.15, -0.1) is 0 Å².